The molecule has 0 saturated carbocycles. The molecule has 100 valence electrons. The summed E-state index contributed by atoms with van der Waals surface area (Å²) in [5.74, 6) is -0.422. The second-order valence-corrected chi connectivity index (χ2v) is 4.82. The van der Waals surface area contributed by atoms with Crippen molar-refractivity contribution in [2.24, 2.45) is 5.73 Å². The van der Waals surface area contributed by atoms with Gasteiger partial charge in [0.1, 0.15) is 6.04 Å². The van der Waals surface area contributed by atoms with Crippen LogP contribution in [0.1, 0.15) is 32.1 Å². The predicted molar refractivity (Wildman–Crippen MR) is 70.1 cm³/mol. The molecule has 0 fully saturated rings. The minimum absolute atomic E-state index is 0.185. The molecule has 0 spiro atoms. The normalized spacial score (nSPS) is 12.1. The number of amides is 1. The molecule has 0 heterocycles. The average Bonchev–Trinajstić information content (AvgIpc) is 2.29. The average molecular weight is 262 g/mol. The molecule has 0 rings (SSSR count). The molecular formula is C11H22N2O3S. The molecule has 0 saturated heterocycles. The molecule has 0 aliphatic carbocycles. The molecule has 1 amide bonds. The highest BCUT2D eigenvalue weighted by Gasteiger charge is 2.18. The number of thioether (sulfide) groups is 1. The Bertz CT molecular complexity index is 237. The van der Waals surface area contributed by atoms with E-state index in [1.807, 2.05) is 6.26 Å². The van der Waals surface area contributed by atoms with Crippen LogP contribution in [0.25, 0.3) is 0 Å². The number of carbonyl (C=O) groups excluding carboxylic acids is 1. The van der Waals surface area contributed by atoms with E-state index in [4.69, 9.17) is 10.8 Å². The fourth-order valence-corrected chi connectivity index (χ4v) is 1.84. The zero-order valence-electron chi connectivity index (χ0n) is 10.3. The van der Waals surface area contributed by atoms with E-state index in [-0.39, 0.29) is 5.91 Å². The lowest BCUT2D eigenvalue weighted by Gasteiger charge is -2.13. The number of hydrogen-bond acceptors (Lipinski definition) is 4. The molecule has 0 aromatic rings. The van der Waals surface area contributed by atoms with E-state index in [9.17, 15) is 9.59 Å². The van der Waals surface area contributed by atoms with Crippen LogP contribution < -0.4 is 11.1 Å². The van der Waals surface area contributed by atoms with Crippen LogP contribution in [-0.4, -0.2) is 41.6 Å². The zero-order chi connectivity index (χ0) is 13.1. The molecule has 4 N–H and O–H groups in total. The maximum atomic E-state index is 11.5. The molecule has 0 aliphatic rings. The molecule has 1 unspecified atom stereocenters. The highest BCUT2D eigenvalue weighted by molar-refractivity contribution is 7.98. The fourth-order valence-electron chi connectivity index (χ4n) is 1.37. The van der Waals surface area contributed by atoms with Gasteiger partial charge in [0.25, 0.3) is 0 Å². The van der Waals surface area contributed by atoms with Crippen LogP contribution in [0.4, 0.5) is 0 Å². The summed E-state index contributed by atoms with van der Waals surface area (Å²) < 4.78 is 0. The van der Waals surface area contributed by atoms with Gasteiger partial charge < -0.3 is 16.2 Å². The Balaban J connectivity index is 3.83. The van der Waals surface area contributed by atoms with Gasteiger partial charge in [0.05, 0.1) is 0 Å². The third-order valence-electron chi connectivity index (χ3n) is 2.35. The monoisotopic (exact) mass is 262 g/mol. The second-order valence-electron chi connectivity index (χ2n) is 3.84. The van der Waals surface area contributed by atoms with Gasteiger partial charge in [0, 0.05) is 6.42 Å². The lowest BCUT2D eigenvalue weighted by atomic mass is 10.1. The van der Waals surface area contributed by atoms with Crippen LogP contribution in [0.2, 0.25) is 0 Å². The Morgan fingerprint density at radius 1 is 1.35 bits per heavy atom. The van der Waals surface area contributed by atoms with Crippen LogP contribution in [0, 0.1) is 0 Å². The number of hydrogen-bond donors (Lipinski definition) is 3. The van der Waals surface area contributed by atoms with Crippen molar-refractivity contribution >= 4 is 23.6 Å². The lowest BCUT2D eigenvalue weighted by Crippen LogP contribution is -2.41. The number of carboxylic acid groups (broad SMARTS) is 1. The summed E-state index contributed by atoms with van der Waals surface area (Å²) in [6, 6.07) is -0.760. The molecule has 1 atom stereocenters. The van der Waals surface area contributed by atoms with Gasteiger partial charge in [-0.05, 0) is 37.8 Å². The van der Waals surface area contributed by atoms with Gasteiger partial charge in [-0.1, -0.05) is 6.42 Å². The van der Waals surface area contributed by atoms with E-state index in [1.165, 1.54) is 0 Å². The second kappa shape index (κ2) is 10.4. The molecule has 5 nitrogen and oxygen atoms in total. The molecule has 0 aliphatic heterocycles. The van der Waals surface area contributed by atoms with Gasteiger partial charge in [0.2, 0.25) is 5.91 Å². The first-order valence-electron chi connectivity index (χ1n) is 5.83. The van der Waals surface area contributed by atoms with Crippen molar-refractivity contribution in [3.05, 3.63) is 0 Å². The van der Waals surface area contributed by atoms with Gasteiger partial charge in [-0.2, -0.15) is 11.8 Å². The minimum Gasteiger partial charge on any atom is -0.480 e. The van der Waals surface area contributed by atoms with E-state index < -0.39 is 12.0 Å². The van der Waals surface area contributed by atoms with E-state index >= 15 is 0 Å². The van der Waals surface area contributed by atoms with E-state index in [1.54, 1.807) is 11.8 Å². The Morgan fingerprint density at radius 3 is 2.59 bits per heavy atom. The third kappa shape index (κ3) is 9.00. The molecule has 0 bridgehead atoms. The van der Waals surface area contributed by atoms with E-state index in [0.29, 0.717) is 19.4 Å². The van der Waals surface area contributed by atoms with Gasteiger partial charge in [-0.25, -0.2) is 4.79 Å². The number of nitrogens with two attached hydrogens (primary N) is 1. The van der Waals surface area contributed by atoms with Crippen LogP contribution in [-0.2, 0) is 9.59 Å². The van der Waals surface area contributed by atoms with Crippen molar-refractivity contribution in [2.75, 3.05) is 18.6 Å². The van der Waals surface area contributed by atoms with Crippen molar-refractivity contribution in [1.29, 1.82) is 0 Å². The predicted octanol–water partition coefficient (Wildman–Crippen LogP) is 0.828. The summed E-state index contributed by atoms with van der Waals surface area (Å²) in [5, 5.41) is 11.5. The van der Waals surface area contributed by atoms with Crippen LogP contribution in [0.5, 0.6) is 0 Å². The van der Waals surface area contributed by atoms with Crippen molar-refractivity contribution in [3.8, 4) is 0 Å². The topological polar surface area (TPSA) is 92.4 Å². The summed E-state index contributed by atoms with van der Waals surface area (Å²) in [6.07, 6.45) is 5.33. The first-order valence-corrected chi connectivity index (χ1v) is 7.22. The Morgan fingerprint density at radius 2 is 2.06 bits per heavy atom. The number of aliphatic carboxylic acids is 1. The summed E-state index contributed by atoms with van der Waals surface area (Å²) in [6.45, 7) is 0.632. The lowest BCUT2D eigenvalue weighted by molar-refractivity contribution is -0.141. The van der Waals surface area contributed by atoms with Crippen molar-refractivity contribution < 1.29 is 14.7 Å². The van der Waals surface area contributed by atoms with Crippen molar-refractivity contribution in [2.45, 2.75) is 38.1 Å². The maximum absolute atomic E-state index is 11.5. The van der Waals surface area contributed by atoms with Crippen LogP contribution in [0.3, 0.4) is 0 Å². The highest BCUT2D eigenvalue weighted by Crippen LogP contribution is 2.03. The van der Waals surface area contributed by atoms with E-state index in [2.05, 4.69) is 5.32 Å². The summed E-state index contributed by atoms with van der Waals surface area (Å²) in [7, 11) is 0. The Labute approximate surface area is 107 Å². The zero-order valence-corrected chi connectivity index (χ0v) is 11.1. The van der Waals surface area contributed by atoms with Gasteiger partial charge in [0.15, 0.2) is 0 Å². The number of nitrogens with one attached hydrogen (secondary N) is 1. The SMILES string of the molecule is CSCCC(NC(=O)CCCCCN)C(=O)O. The molecule has 0 radical (unpaired) electrons. The smallest absolute Gasteiger partial charge is 0.326 e. The fraction of sp³-hybridized carbons (Fsp3) is 0.818. The third-order valence-corrected chi connectivity index (χ3v) is 3.00. The number of carboxylic acids is 1. The number of unbranched alkanes of at least 4 members (excludes halogenated alkanes) is 2. The Hall–Kier alpha value is -0.750. The highest BCUT2D eigenvalue weighted by atomic mass is 32.2. The number of rotatable bonds is 10. The summed E-state index contributed by atoms with van der Waals surface area (Å²) >= 11 is 1.57. The molecular weight excluding hydrogens is 240 g/mol. The van der Waals surface area contributed by atoms with Gasteiger partial charge in [-0.15, -0.1) is 0 Å². The Kier molecular flexibility index (Phi) is 9.95. The van der Waals surface area contributed by atoms with E-state index in [0.717, 1.165) is 25.0 Å². The number of carbonyl (C=O) groups is 2. The quantitative estimate of drug-likeness (QED) is 0.507. The van der Waals surface area contributed by atoms with Gasteiger partial charge in [-0.3, -0.25) is 4.79 Å². The molecule has 6 heteroatoms. The van der Waals surface area contributed by atoms with Gasteiger partial charge >= 0.3 is 5.97 Å². The standard InChI is InChI=1S/C11H22N2O3S/c1-17-8-6-9(11(15)16)13-10(14)5-3-2-4-7-12/h9H,2-8,12H2,1H3,(H,13,14)(H,15,16). The van der Waals surface area contributed by atoms with Crippen molar-refractivity contribution in [1.82, 2.24) is 5.32 Å². The molecule has 0 aromatic heterocycles. The van der Waals surface area contributed by atoms with Crippen LogP contribution in [0.15, 0.2) is 0 Å². The maximum Gasteiger partial charge on any atom is 0.326 e. The first-order chi connectivity index (χ1) is 8.11. The largest absolute Gasteiger partial charge is 0.480 e. The summed E-state index contributed by atoms with van der Waals surface area (Å²) in [4.78, 5) is 22.3. The molecule has 0 aromatic carbocycles. The van der Waals surface area contributed by atoms with Crippen molar-refractivity contribution in [3.63, 3.8) is 0 Å². The minimum atomic E-state index is -0.964. The van der Waals surface area contributed by atoms with Crippen LogP contribution >= 0.6 is 11.8 Å². The summed E-state index contributed by atoms with van der Waals surface area (Å²) in [5.41, 5.74) is 5.34. The first kappa shape index (κ1) is 16.2. The molecule has 17 heavy (non-hydrogen) atoms.